The zero-order valence-electron chi connectivity index (χ0n) is 19.4. The summed E-state index contributed by atoms with van der Waals surface area (Å²) in [7, 11) is 0. The number of aromatic nitrogens is 7. The molecule has 6 heterocycles. The molecule has 37 heavy (non-hydrogen) atoms. The van der Waals surface area contributed by atoms with Gasteiger partial charge in [-0.3, -0.25) is 15.1 Å². The van der Waals surface area contributed by atoms with Crippen molar-refractivity contribution in [3.05, 3.63) is 97.5 Å². The number of hydrogen-bond donors (Lipinski definition) is 2. The molecule has 0 amide bonds. The smallest absolute Gasteiger partial charge is 0.160 e. The van der Waals surface area contributed by atoms with E-state index in [4.69, 9.17) is 14.1 Å². The molecular weight excluding hydrogens is 466 g/mol. The molecule has 7 aromatic rings. The monoisotopic (exact) mass is 485 g/mol. The highest BCUT2D eigenvalue weighted by Gasteiger charge is 2.17. The van der Waals surface area contributed by atoms with Crippen LogP contribution in [0.5, 0.6) is 5.75 Å². The topological polar surface area (TPSA) is 118 Å². The van der Waals surface area contributed by atoms with Gasteiger partial charge in [0, 0.05) is 34.5 Å². The van der Waals surface area contributed by atoms with E-state index in [9.17, 15) is 0 Å². The molecule has 0 unspecified atom stereocenters. The number of H-pyrrole nitrogens is 2. The SMILES string of the molecule is c1ccc(COc2cncc(-c3cc4c(-c5nc6c(-c7ccoc7)ccnc6[nH]5)n[nH]c4cn3)c2)cc1. The maximum Gasteiger partial charge on any atom is 0.160 e. The average Bonchev–Trinajstić information content (AvgIpc) is 3.71. The van der Waals surface area contributed by atoms with E-state index in [2.05, 4.69) is 30.1 Å². The summed E-state index contributed by atoms with van der Waals surface area (Å²) in [6, 6.07) is 17.8. The summed E-state index contributed by atoms with van der Waals surface area (Å²) in [6.45, 7) is 0.464. The fourth-order valence-corrected chi connectivity index (χ4v) is 4.31. The van der Waals surface area contributed by atoms with Gasteiger partial charge in [-0.15, -0.1) is 0 Å². The first kappa shape index (κ1) is 21.0. The van der Waals surface area contributed by atoms with Gasteiger partial charge in [-0.05, 0) is 29.8 Å². The molecule has 0 aliphatic carbocycles. The standard InChI is InChI=1S/C28H19N7O2/c1-2-4-17(5-3-1)15-37-20-10-19(12-29-13-20)23-11-22-24(14-31-23)34-35-26(22)28-32-25-21(18-7-9-36-16-18)6-8-30-27(25)33-28/h1-14,16H,15H2,(H,34,35)(H,30,32,33). The van der Waals surface area contributed by atoms with Crippen LogP contribution in [0.25, 0.3) is 56.0 Å². The molecule has 0 fully saturated rings. The van der Waals surface area contributed by atoms with Crippen molar-refractivity contribution in [3.63, 3.8) is 0 Å². The van der Waals surface area contributed by atoms with Crippen LogP contribution in [0.1, 0.15) is 5.56 Å². The van der Waals surface area contributed by atoms with E-state index in [1.165, 1.54) is 0 Å². The van der Waals surface area contributed by atoms with Crippen LogP contribution in [0.3, 0.4) is 0 Å². The van der Waals surface area contributed by atoms with Crippen molar-refractivity contribution >= 4 is 22.1 Å². The molecule has 0 saturated carbocycles. The number of rotatable bonds is 6. The first-order valence-corrected chi connectivity index (χ1v) is 11.7. The van der Waals surface area contributed by atoms with Gasteiger partial charge in [0.15, 0.2) is 11.5 Å². The van der Waals surface area contributed by atoms with E-state index in [1.807, 2.05) is 54.6 Å². The lowest BCUT2D eigenvalue weighted by molar-refractivity contribution is 0.305. The minimum absolute atomic E-state index is 0.464. The second-order valence-corrected chi connectivity index (χ2v) is 8.52. The molecule has 0 saturated heterocycles. The summed E-state index contributed by atoms with van der Waals surface area (Å²) in [5, 5.41) is 8.46. The number of pyridine rings is 3. The highest BCUT2D eigenvalue weighted by molar-refractivity contribution is 5.96. The Hall–Kier alpha value is -5.31. The van der Waals surface area contributed by atoms with Crippen molar-refractivity contribution in [1.82, 2.24) is 35.1 Å². The van der Waals surface area contributed by atoms with Crippen molar-refractivity contribution < 1.29 is 9.15 Å². The highest BCUT2D eigenvalue weighted by Crippen LogP contribution is 2.32. The Kier molecular flexibility index (Phi) is 4.95. The Morgan fingerprint density at radius 3 is 2.76 bits per heavy atom. The Morgan fingerprint density at radius 1 is 0.919 bits per heavy atom. The van der Waals surface area contributed by atoms with Crippen LogP contribution in [-0.2, 0) is 6.61 Å². The average molecular weight is 486 g/mol. The molecule has 1 aromatic carbocycles. The van der Waals surface area contributed by atoms with Crippen LogP contribution in [0.4, 0.5) is 0 Å². The number of imidazole rings is 1. The van der Waals surface area contributed by atoms with Crippen LogP contribution in [0.15, 0.2) is 96.3 Å². The predicted octanol–water partition coefficient (Wildman–Crippen LogP) is 5.80. The fraction of sp³-hybridized carbons (Fsp3) is 0.0357. The quantitative estimate of drug-likeness (QED) is 0.306. The maximum absolute atomic E-state index is 5.96. The molecule has 178 valence electrons. The Labute approximate surface area is 210 Å². The summed E-state index contributed by atoms with van der Waals surface area (Å²) < 4.78 is 11.2. The molecule has 0 aliphatic heterocycles. The number of nitrogens with zero attached hydrogens (tertiary/aromatic N) is 5. The lowest BCUT2D eigenvalue weighted by atomic mass is 10.1. The first-order valence-electron chi connectivity index (χ1n) is 11.7. The molecule has 9 nitrogen and oxygen atoms in total. The van der Waals surface area contributed by atoms with Crippen molar-refractivity contribution in [1.29, 1.82) is 0 Å². The molecule has 9 heteroatoms. The van der Waals surface area contributed by atoms with Gasteiger partial charge in [0.1, 0.15) is 23.6 Å². The first-order chi connectivity index (χ1) is 18.3. The Bertz CT molecular complexity index is 1840. The summed E-state index contributed by atoms with van der Waals surface area (Å²) >= 11 is 0. The van der Waals surface area contributed by atoms with E-state index < -0.39 is 0 Å². The number of ether oxygens (including phenoxy) is 1. The third-order valence-corrected chi connectivity index (χ3v) is 6.15. The minimum Gasteiger partial charge on any atom is -0.487 e. The molecule has 0 spiro atoms. The summed E-state index contributed by atoms with van der Waals surface area (Å²) in [6.07, 6.45) is 10.3. The van der Waals surface area contributed by atoms with Crippen LogP contribution in [-0.4, -0.2) is 35.1 Å². The number of furan rings is 1. The minimum atomic E-state index is 0.464. The molecular formula is C28H19N7O2. The molecule has 2 N–H and O–H groups in total. The fourth-order valence-electron chi connectivity index (χ4n) is 4.31. The van der Waals surface area contributed by atoms with Crippen LogP contribution in [0.2, 0.25) is 0 Å². The van der Waals surface area contributed by atoms with Crippen molar-refractivity contribution in [2.75, 3.05) is 0 Å². The zero-order chi connectivity index (χ0) is 24.6. The number of hydrogen-bond acceptors (Lipinski definition) is 7. The van der Waals surface area contributed by atoms with Gasteiger partial charge in [-0.2, -0.15) is 5.10 Å². The second-order valence-electron chi connectivity index (χ2n) is 8.52. The van der Waals surface area contributed by atoms with Crippen LogP contribution < -0.4 is 4.74 Å². The number of nitrogens with one attached hydrogen (secondary N) is 2. The molecule has 0 bridgehead atoms. The molecule has 0 atom stereocenters. The van der Waals surface area contributed by atoms with E-state index in [0.717, 1.165) is 44.4 Å². The predicted molar refractivity (Wildman–Crippen MR) is 138 cm³/mol. The van der Waals surface area contributed by atoms with Crippen LogP contribution in [0, 0.1) is 0 Å². The lowest BCUT2D eigenvalue weighted by Gasteiger charge is -2.08. The van der Waals surface area contributed by atoms with Crippen molar-refractivity contribution in [3.8, 4) is 39.7 Å². The van der Waals surface area contributed by atoms with Crippen molar-refractivity contribution in [2.24, 2.45) is 0 Å². The van der Waals surface area contributed by atoms with Crippen molar-refractivity contribution in [2.45, 2.75) is 6.61 Å². The lowest BCUT2D eigenvalue weighted by Crippen LogP contribution is -1.96. The van der Waals surface area contributed by atoms with E-state index in [1.54, 1.807) is 37.3 Å². The summed E-state index contributed by atoms with van der Waals surface area (Å²) in [5.41, 5.74) is 7.45. The maximum atomic E-state index is 5.96. The molecule has 0 aliphatic rings. The molecule has 6 aromatic heterocycles. The van der Waals surface area contributed by atoms with E-state index in [-0.39, 0.29) is 0 Å². The third-order valence-electron chi connectivity index (χ3n) is 6.15. The van der Waals surface area contributed by atoms with E-state index in [0.29, 0.717) is 29.5 Å². The molecule has 0 radical (unpaired) electrons. The van der Waals surface area contributed by atoms with Gasteiger partial charge < -0.3 is 14.1 Å². The highest BCUT2D eigenvalue weighted by atomic mass is 16.5. The largest absolute Gasteiger partial charge is 0.487 e. The van der Waals surface area contributed by atoms with Gasteiger partial charge in [0.05, 0.1) is 36.1 Å². The van der Waals surface area contributed by atoms with E-state index >= 15 is 0 Å². The molecule has 7 rings (SSSR count). The van der Waals surface area contributed by atoms with Gasteiger partial charge >= 0.3 is 0 Å². The number of fused-ring (bicyclic) bond motifs is 2. The Morgan fingerprint density at radius 2 is 1.86 bits per heavy atom. The Balaban J connectivity index is 1.24. The van der Waals surface area contributed by atoms with Gasteiger partial charge in [0.25, 0.3) is 0 Å². The normalized spacial score (nSPS) is 11.4. The number of benzene rings is 1. The third kappa shape index (κ3) is 3.88. The number of aromatic amines is 2. The van der Waals surface area contributed by atoms with Gasteiger partial charge in [-0.1, -0.05) is 30.3 Å². The van der Waals surface area contributed by atoms with Gasteiger partial charge in [0.2, 0.25) is 0 Å². The zero-order valence-corrected chi connectivity index (χ0v) is 19.4. The van der Waals surface area contributed by atoms with Crippen LogP contribution >= 0.6 is 0 Å². The second kappa shape index (κ2) is 8.72. The summed E-state index contributed by atoms with van der Waals surface area (Å²) in [4.78, 5) is 21.6. The summed E-state index contributed by atoms with van der Waals surface area (Å²) in [5.74, 6) is 1.28. The van der Waals surface area contributed by atoms with Gasteiger partial charge in [-0.25, -0.2) is 9.97 Å².